The zero-order valence-electron chi connectivity index (χ0n) is 11.1. The first-order chi connectivity index (χ1) is 9.15. The standard InChI is InChI=1S/C15H18N2O2/c1-11-8-14(17(18)19)6-7-15(11)16-9-12-4-2-3-5-13(12)10-16/h2-3,6-8,12-13H,4-5,9-10H2,1H3. The van der Waals surface area contributed by atoms with Gasteiger partial charge in [0.25, 0.3) is 5.69 Å². The quantitative estimate of drug-likeness (QED) is 0.464. The highest BCUT2D eigenvalue weighted by atomic mass is 16.6. The average Bonchev–Trinajstić information content (AvgIpc) is 2.81. The van der Waals surface area contributed by atoms with Crippen LogP contribution in [-0.2, 0) is 0 Å². The highest BCUT2D eigenvalue weighted by Crippen LogP contribution is 2.37. The molecule has 1 heterocycles. The van der Waals surface area contributed by atoms with Crippen LogP contribution in [-0.4, -0.2) is 18.0 Å². The third kappa shape index (κ3) is 2.23. The molecule has 1 aromatic carbocycles. The number of fused-ring (bicyclic) bond motifs is 1. The van der Waals surface area contributed by atoms with Gasteiger partial charge >= 0.3 is 0 Å². The predicted octanol–water partition coefficient (Wildman–Crippen LogP) is 3.31. The molecule has 19 heavy (non-hydrogen) atoms. The lowest BCUT2D eigenvalue weighted by atomic mass is 9.86. The van der Waals surface area contributed by atoms with Gasteiger partial charge in [-0.15, -0.1) is 0 Å². The Balaban J connectivity index is 1.82. The van der Waals surface area contributed by atoms with Gasteiger partial charge in [-0.3, -0.25) is 10.1 Å². The Morgan fingerprint density at radius 1 is 1.21 bits per heavy atom. The molecule has 0 aromatic heterocycles. The molecule has 1 fully saturated rings. The Morgan fingerprint density at radius 2 is 1.84 bits per heavy atom. The van der Waals surface area contributed by atoms with Crippen LogP contribution in [0.2, 0.25) is 0 Å². The number of anilines is 1. The maximum Gasteiger partial charge on any atom is 0.269 e. The molecule has 1 saturated heterocycles. The summed E-state index contributed by atoms with van der Waals surface area (Å²) in [6.07, 6.45) is 6.92. The van der Waals surface area contributed by atoms with Gasteiger partial charge in [0.1, 0.15) is 0 Å². The Hall–Kier alpha value is -1.84. The van der Waals surface area contributed by atoms with E-state index in [1.54, 1.807) is 12.1 Å². The number of benzene rings is 1. The smallest absolute Gasteiger partial charge is 0.269 e. The van der Waals surface area contributed by atoms with Crippen LogP contribution in [0.15, 0.2) is 30.4 Å². The number of nitro groups is 1. The molecule has 2 atom stereocenters. The lowest BCUT2D eigenvalue weighted by Crippen LogP contribution is -2.20. The van der Waals surface area contributed by atoms with Crippen molar-refractivity contribution in [2.45, 2.75) is 19.8 Å². The normalized spacial score (nSPS) is 25.4. The van der Waals surface area contributed by atoms with E-state index in [0.717, 1.165) is 36.2 Å². The van der Waals surface area contributed by atoms with E-state index in [1.165, 1.54) is 12.8 Å². The van der Waals surface area contributed by atoms with Crippen molar-refractivity contribution >= 4 is 11.4 Å². The summed E-state index contributed by atoms with van der Waals surface area (Å²) in [5, 5.41) is 10.8. The van der Waals surface area contributed by atoms with Gasteiger partial charge in [-0.1, -0.05) is 12.2 Å². The average molecular weight is 258 g/mol. The van der Waals surface area contributed by atoms with Gasteiger partial charge in [0.2, 0.25) is 0 Å². The largest absolute Gasteiger partial charge is 0.371 e. The van der Waals surface area contributed by atoms with Gasteiger partial charge in [0.05, 0.1) is 4.92 Å². The van der Waals surface area contributed by atoms with Crippen molar-refractivity contribution in [1.29, 1.82) is 0 Å². The number of rotatable bonds is 2. The number of non-ortho nitro benzene ring substituents is 1. The fraction of sp³-hybridized carbons (Fsp3) is 0.467. The van der Waals surface area contributed by atoms with Gasteiger partial charge in [0.15, 0.2) is 0 Å². The summed E-state index contributed by atoms with van der Waals surface area (Å²) in [5.74, 6) is 1.50. The summed E-state index contributed by atoms with van der Waals surface area (Å²) in [4.78, 5) is 12.8. The first-order valence-electron chi connectivity index (χ1n) is 6.80. The minimum absolute atomic E-state index is 0.180. The summed E-state index contributed by atoms with van der Waals surface area (Å²) in [7, 11) is 0. The molecule has 1 aliphatic carbocycles. The van der Waals surface area contributed by atoms with E-state index in [2.05, 4.69) is 17.1 Å². The molecular weight excluding hydrogens is 240 g/mol. The Labute approximate surface area is 112 Å². The molecule has 0 radical (unpaired) electrons. The summed E-state index contributed by atoms with van der Waals surface area (Å²) >= 11 is 0. The molecule has 4 nitrogen and oxygen atoms in total. The van der Waals surface area contributed by atoms with Crippen molar-refractivity contribution in [2.24, 2.45) is 11.8 Å². The van der Waals surface area contributed by atoms with Gasteiger partial charge in [-0.25, -0.2) is 0 Å². The number of nitro benzene ring substituents is 1. The zero-order chi connectivity index (χ0) is 13.4. The van der Waals surface area contributed by atoms with Crippen LogP contribution in [0.3, 0.4) is 0 Å². The molecule has 100 valence electrons. The fourth-order valence-electron chi connectivity index (χ4n) is 3.32. The summed E-state index contributed by atoms with van der Waals surface area (Å²) in [6, 6.07) is 5.19. The molecule has 3 rings (SSSR count). The topological polar surface area (TPSA) is 46.4 Å². The van der Waals surface area contributed by atoms with Gasteiger partial charge in [-0.05, 0) is 43.2 Å². The maximum atomic E-state index is 10.8. The molecule has 0 N–H and O–H groups in total. The molecular formula is C15H18N2O2. The minimum atomic E-state index is -0.329. The van der Waals surface area contributed by atoms with Crippen molar-refractivity contribution in [3.8, 4) is 0 Å². The second-order valence-electron chi connectivity index (χ2n) is 5.60. The third-order valence-electron chi connectivity index (χ3n) is 4.35. The van der Waals surface area contributed by atoms with Crippen molar-refractivity contribution < 1.29 is 4.92 Å². The van der Waals surface area contributed by atoms with E-state index in [0.29, 0.717) is 0 Å². The number of nitrogens with zero attached hydrogens (tertiary/aromatic N) is 2. The van der Waals surface area contributed by atoms with Gasteiger partial charge in [-0.2, -0.15) is 0 Å². The van der Waals surface area contributed by atoms with Crippen LogP contribution in [0.4, 0.5) is 11.4 Å². The van der Waals surface area contributed by atoms with Crippen molar-refractivity contribution in [3.63, 3.8) is 0 Å². The van der Waals surface area contributed by atoms with Crippen molar-refractivity contribution in [1.82, 2.24) is 0 Å². The predicted molar refractivity (Wildman–Crippen MR) is 75.4 cm³/mol. The molecule has 1 aromatic rings. The lowest BCUT2D eigenvalue weighted by molar-refractivity contribution is -0.384. The summed E-state index contributed by atoms with van der Waals surface area (Å²) in [6.45, 7) is 4.11. The second kappa shape index (κ2) is 4.68. The summed E-state index contributed by atoms with van der Waals surface area (Å²) in [5.41, 5.74) is 2.33. The Bertz CT molecular complexity index is 523. The van der Waals surface area contributed by atoms with Crippen molar-refractivity contribution in [3.05, 3.63) is 46.0 Å². The molecule has 0 saturated carbocycles. The highest BCUT2D eigenvalue weighted by Gasteiger charge is 2.33. The van der Waals surface area contributed by atoms with E-state index in [-0.39, 0.29) is 10.6 Å². The summed E-state index contributed by atoms with van der Waals surface area (Å²) < 4.78 is 0. The first kappa shape index (κ1) is 12.2. The Kier molecular flexibility index (Phi) is 3.01. The molecule has 1 aliphatic heterocycles. The highest BCUT2D eigenvalue weighted by molar-refractivity contribution is 5.58. The zero-order valence-corrected chi connectivity index (χ0v) is 11.1. The monoisotopic (exact) mass is 258 g/mol. The number of hydrogen-bond donors (Lipinski definition) is 0. The van der Waals surface area contributed by atoms with Crippen LogP contribution in [0.25, 0.3) is 0 Å². The molecule has 0 spiro atoms. The van der Waals surface area contributed by atoms with E-state index in [9.17, 15) is 10.1 Å². The number of aryl methyl sites for hydroxylation is 1. The lowest BCUT2D eigenvalue weighted by Gasteiger charge is -2.20. The van der Waals surface area contributed by atoms with Crippen LogP contribution in [0.5, 0.6) is 0 Å². The maximum absolute atomic E-state index is 10.8. The van der Waals surface area contributed by atoms with E-state index < -0.39 is 0 Å². The minimum Gasteiger partial charge on any atom is -0.371 e. The molecule has 0 bridgehead atoms. The number of hydrogen-bond acceptors (Lipinski definition) is 3. The van der Waals surface area contributed by atoms with Crippen LogP contribution in [0, 0.1) is 28.9 Å². The molecule has 4 heteroatoms. The second-order valence-corrected chi connectivity index (χ2v) is 5.60. The fourth-order valence-corrected chi connectivity index (χ4v) is 3.32. The van der Waals surface area contributed by atoms with Crippen molar-refractivity contribution in [2.75, 3.05) is 18.0 Å². The van der Waals surface area contributed by atoms with Gasteiger partial charge < -0.3 is 4.90 Å². The van der Waals surface area contributed by atoms with Crippen LogP contribution in [0.1, 0.15) is 18.4 Å². The van der Waals surface area contributed by atoms with Gasteiger partial charge in [0, 0.05) is 30.9 Å². The molecule has 2 aliphatic rings. The SMILES string of the molecule is Cc1cc([N+](=O)[O-])ccc1N1CC2CC=CCC2C1. The third-order valence-corrected chi connectivity index (χ3v) is 4.35. The molecule has 2 unspecified atom stereocenters. The number of allylic oxidation sites excluding steroid dienone is 2. The van der Waals surface area contributed by atoms with E-state index in [4.69, 9.17) is 0 Å². The Morgan fingerprint density at radius 3 is 2.37 bits per heavy atom. The van der Waals surface area contributed by atoms with E-state index in [1.807, 2.05) is 13.0 Å². The molecule has 0 amide bonds. The van der Waals surface area contributed by atoms with Crippen LogP contribution < -0.4 is 4.90 Å². The first-order valence-corrected chi connectivity index (χ1v) is 6.80. The van der Waals surface area contributed by atoms with E-state index >= 15 is 0 Å². The van der Waals surface area contributed by atoms with Crippen LogP contribution >= 0.6 is 0 Å².